The topological polar surface area (TPSA) is 72.9 Å². The van der Waals surface area contributed by atoms with Crippen molar-refractivity contribution in [1.29, 1.82) is 0 Å². The maximum Gasteiger partial charge on any atom is 1.00 e. The Morgan fingerprint density at radius 3 is 2.53 bits per heavy atom. The van der Waals surface area contributed by atoms with Crippen molar-refractivity contribution in [3.05, 3.63) is 12.2 Å². The minimum Gasteiger partial charge on any atom is -1.00 e. The quantitative estimate of drug-likeness (QED) is 0.301. The van der Waals surface area contributed by atoms with Crippen LogP contribution in [0.25, 0.3) is 0 Å². The molecule has 1 saturated heterocycles. The fraction of sp³-hybridized carbons (Fsp3) is 0.727. The molecule has 1 aliphatic rings. The van der Waals surface area contributed by atoms with Crippen LogP contribution >= 0.6 is 0 Å². The van der Waals surface area contributed by atoms with Crippen LogP contribution in [0.15, 0.2) is 12.2 Å². The molecule has 0 N–H and O–H groups in total. The van der Waals surface area contributed by atoms with Gasteiger partial charge in [-0.2, -0.15) is 8.42 Å². The Morgan fingerprint density at radius 2 is 2.00 bits per heavy atom. The average Bonchev–Trinajstić information content (AvgIpc) is 2.29. The van der Waals surface area contributed by atoms with E-state index in [9.17, 15) is 13.2 Å². The summed E-state index contributed by atoms with van der Waals surface area (Å²) >= 11 is 0. The van der Waals surface area contributed by atoms with E-state index in [2.05, 4.69) is 15.7 Å². The molecular weight excluding hydrogens is 281 g/mol. The van der Waals surface area contributed by atoms with Crippen LogP contribution in [0.3, 0.4) is 0 Å². The van der Waals surface area contributed by atoms with Crippen LogP contribution < -0.4 is 29.6 Å². The van der Waals surface area contributed by atoms with Crippen molar-refractivity contribution in [3.63, 3.8) is 0 Å². The van der Waals surface area contributed by atoms with Gasteiger partial charge < -0.3 is 10.3 Å². The molecule has 0 unspecified atom stereocenters. The smallest absolute Gasteiger partial charge is 1.00 e. The summed E-state index contributed by atoms with van der Waals surface area (Å²) in [5, 5.41) is 0. The molecule has 1 rings (SSSR count). The van der Waals surface area contributed by atoms with E-state index >= 15 is 0 Å². The molecule has 0 atom stereocenters. The molecule has 0 aromatic carbocycles. The van der Waals surface area contributed by atoms with Gasteiger partial charge in [-0.1, -0.05) is 6.58 Å². The Morgan fingerprint density at radius 1 is 1.42 bits per heavy atom. The number of hydrogen-bond donors (Lipinski definition) is 0. The Balaban J connectivity index is 0. The maximum atomic E-state index is 11.5. The van der Waals surface area contributed by atoms with Crippen LogP contribution in [0.4, 0.5) is 0 Å². The minimum atomic E-state index is -3.79. The molecule has 1 fully saturated rings. The molecule has 106 valence electrons. The van der Waals surface area contributed by atoms with Crippen LogP contribution in [0, 0.1) is 0 Å². The normalized spacial score (nSPS) is 16.5. The van der Waals surface area contributed by atoms with Gasteiger partial charge in [0.1, 0.15) is 0 Å². The van der Waals surface area contributed by atoms with Crippen molar-refractivity contribution >= 4 is 16.1 Å². The largest absolute Gasteiger partial charge is 1.00 e. The predicted octanol–water partition coefficient (Wildman–Crippen LogP) is -2.73. The second-order valence-corrected chi connectivity index (χ2v) is 5.91. The van der Waals surface area contributed by atoms with Crippen molar-refractivity contribution in [3.8, 4) is 0 Å². The van der Waals surface area contributed by atoms with E-state index in [4.69, 9.17) is 4.74 Å². The zero-order chi connectivity index (χ0) is 13.6. The minimum absolute atomic E-state index is 0. The maximum absolute atomic E-state index is 11.5. The first-order valence-corrected chi connectivity index (χ1v) is 7.40. The van der Waals surface area contributed by atoms with Gasteiger partial charge in [-0.25, -0.2) is 4.79 Å². The summed E-state index contributed by atoms with van der Waals surface area (Å²) in [6.07, 6.45) is 0.436. The molecular formula is C11H20NNaO5S. The van der Waals surface area contributed by atoms with E-state index in [0.717, 1.165) is 13.1 Å². The van der Waals surface area contributed by atoms with E-state index in [1.165, 1.54) is 6.92 Å². The first-order chi connectivity index (χ1) is 8.41. The van der Waals surface area contributed by atoms with Crippen molar-refractivity contribution < 1.29 is 53.1 Å². The number of carbonyl (C=O) groups is 1. The van der Waals surface area contributed by atoms with Crippen molar-refractivity contribution in [2.24, 2.45) is 0 Å². The zero-order valence-corrected chi connectivity index (χ0v) is 14.4. The second kappa shape index (κ2) is 9.10. The Hall–Kier alpha value is 0.0800. The molecule has 0 aliphatic carbocycles. The number of hydrogen-bond acceptors (Lipinski definition) is 6. The average molecular weight is 301 g/mol. The van der Waals surface area contributed by atoms with Gasteiger partial charge in [0.25, 0.3) is 0 Å². The monoisotopic (exact) mass is 301 g/mol. The summed E-state index contributed by atoms with van der Waals surface area (Å²) in [4.78, 5) is 13.2. The molecule has 8 heteroatoms. The molecule has 1 aliphatic heterocycles. The first-order valence-electron chi connectivity index (χ1n) is 5.83. The molecule has 0 spiro atoms. The molecule has 0 aromatic rings. The van der Waals surface area contributed by atoms with Crippen LogP contribution in [0.5, 0.6) is 0 Å². The number of rotatable bonds is 6. The van der Waals surface area contributed by atoms with Crippen molar-refractivity contribution in [1.82, 2.24) is 4.90 Å². The molecule has 6 nitrogen and oxygen atoms in total. The number of nitrogens with zero attached hydrogens (tertiary/aromatic N) is 1. The van der Waals surface area contributed by atoms with E-state index in [0.29, 0.717) is 26.2 Å². The van der Waals surface area contributed by atoms with Crippen LogP contribution in [-0.2, 0) is 23.8 Å². The SMILES string of the molecule is C=C(C)C(=O)OS(=O)(=O)CCCN1CCOCC1.[H-].[Na+]. The van der Waals surface area contributed by atoms with Gasteiger partial charge in [-0.15, -0.1) is 0 Å². The fourth-order valence-electron chi connectivity index (χ4n) is 1.52. The summed E-state index contributed by atoms with van der Waals surface area (Å²) in [6, 6.07) is 0. The van der Waals surface area contributed by atoms with Gasteiger partial charge >= 0.3 is 45.6 Å². The van der Waals surface area contributed by atoms with Crippen LogP contribution in [0.1, 0.15) is 14.8 Å². The van der Waals surface area contributed by atoms with Crippen molar-refractivity contribution in [2.75, 3.05) is 38.6 Å². The van der Waals surface area contributed by atoms with Gasteiger partial charge in [0.2, 0.25) is 0 Å². The molecule has 0 saturated carbocycles. The zero-order valence-electron chi connectivity index (χ0n) is 12.6. The molecule has 0 bridgehead atoms. The van der Waals surface area contributed by atoms with Gasteiger partial charge in [0.05, 0.1) is 19.0 Å². The van der Waals surface area contributed by atoms with Gasteiger partial charge in [-0.05, 0) is 19.9 Å². The van der Waals surface area contributed by atoms with Crippen LogP contribution in [0.2, 0.25) is 0 Å². The summed E-state index contributed by atoms with van der Waals surface area (Å²) in [5.41, 5.74) is 0.0757. The van der Waals surface area contributed by atoms with E-state index < -0.39 is 16.1 Å². The molecule has 19 heavy (non-hydrogen) atoms. The second-order valence-electron chi connectivity index (χ2n) is 4.22. The summed E-state index contributed by atoms with van der Waals surface area (Å²) in [6.45, 7) is 8.38. The Kier molecular flexibility index (Phi) is 9.13. The molecule has 0 aromatic heterocycles. The number of ether oxygens (including phenoxy) is 1. The summed E-state index contributed by atoms with van der Waals surface area (Å²) < 4.78 is 32.5. The fourth-order valence-corrected chi connectivity index (χ4v) is 2.46. The molecule has 0 radical (unpaired) electrons. The first kappa shape index (κ1) is 19.1. The van der Waals surface area contributed by atoms with Gasteiger partial charge in [0, 0.05) is 18.7 Å². The van der Waals surface area contributed by atoms with Crippen molar-refractivity contribution in [2.45, 2.75) is 13.3 Å². The summed E-state index contributed by atoms with van der Waals surface area (Å²) in [7, 11) is -3.79. The third-order valence-electron chi connectivity index (χ3n) is 2.52. The van der Waals surface area contributed by atoms with E-state index in [1.807, 2.05) is 0 Å². The molecule has 0 amide bonds. The Bertz CT molecular complexity index is 409. The predicted molar refractivity (Wildman–Crippen MR) is 67.7 cm³/mol. The van der Waals surface area contributed by atoms with Gasteiger partial charge in [-0.3, -0.25) is 4.90 Å². The number of carbonyl (C=O) groups excluding carboxylic acids is 1. The standard InChI is InChI=1S/C11H19NO5S.Na.H/c1-10(2)11(13)17-18(14,15)9-3-4-12-5-7-16-8-6-12;;/h1,3-9H2,2H3;;/q;+1;-1. The van der Waals surface area contributed by atoms with E-state index in [-0.39, 0.29) is 42.3 Å². The Labute approximate surface area is 138 Å². The summed E-state index contributed by atoms with van der Waals surface area (Å²) in [5.74, 6) is -1.05. The number of morpholine rings is 1. The van der Waals surface area contributed by atoms with Crippen LogP contribution in [-0.4, -0.2) is 57.9 Å². The van der Waals surface area contributed by atoms with E-state index in [1.54, 1.807) is 0 Å². The van der Waals surface area contributed by atoms with Gasteiger partial charge in [0.15, 0.2) is 0 Å². The molecule has 1 heterocycles. The third-order valence-corrected chi connectivity index (χ3v) is 3.72. The third kappa shape index (κ3) is 8.06.